The Bertz CT molecular complexity index is 883. The molecule has 0 saturated carbocycles. The van der Waals surface area contributed by atoms with Gasteiger partial charge in [0.05, 0.1) is 5.69 Å². The lowest BCUT2D eigenvalue weighted by Crippen LogP contribution is -2.02. The minimum atomic E-state index is -0.993. The van der Waals surface area contributed by atoms with Crippen LogP contribution in [0.2, 0.25) is 0 Å². The third kappa shape index (κ3) is 2.75. The standard InChI is InChI=1S/C17H13F2N3O/c1-10-5-11(2)7-13(6-10)22-17(16(9-23)20-21-22)12-3-4-14(18)15(19)8-12/h3-9H,1-2H3. The van der Waals surface area contributed by atoms with Crippen LogP contribution < -0.4 is 0 Å². The first kappa shape index (κ1) is 15.0. The lowest BCUT2D eigenvalue weighted by molar-refractivity contribution is 0.111. The number of aldehydes is 1. The molecule has 3 rings (SSSR count). The number of benzene rings is 2. The Morgan fingerprint density at radius 1 is 1.00 bits per heavy atom. The molecular weight excluding hydrogens is 300 g/mol. The molecule has 2 aromatic carbocycles. The van der Waals surface area contributed by atoms with E-state index < -0.39 is 11.6 Å². The zero-order valence-corrected chi connectivity index (χ0v) is 12.5. The van der Waals surface area contributed by atoms with Gasteiger partial charge >= 0.3 is 0 Å². The van der Waals surface area contributed by atoms with E-state index in [4.69, 9.17) is 0 Å². The van der Waals surface area contributed by atoms with Crippen molar-refractivity contribution in [1.82, 2.24) is 15.0 Å². The summed E-state index contributed by atoms with van der Waals surface area (Å²) in [6, 6.07) is 9.18. The van der Waals surface area contributed by atoms with Gasteiger partial charge in [-0.25, -0.2) is 13.5 Å². The van der Waals surface area contributed by atoms with Crippen molar-refractivity contribution in [2.24, 2.45) is 0 Å². The van der Waals surface area contributed by atoms with E-state index in [1.54, 1.807) is 0 Å². The second kappa shape index (κ2) is 5.72. The van der Waals surface area contributed by atoms with E-state index in [2.05, 4.69) is 10.3 Å². The number of carbonyl (C=O) groups excluding carboxylic acids is 1. The molecule has 0 saturated heterocycles. The Hall–Kier alpha value is -2.89. The summed E-state index contributed by atoms with van der Waals surface area (Å²) in [6.45, 7) is 3.87. The van der Waals surface area contributed by atoms with Gasteiger partial charge in [-0.2, -0.15) is 0 Å². The molecule has 0 unspecified atom stereocenters. The van der Waals surface area contributed by atoms with Crippen molar-refractivity contribution in [3.63, 3.8) is 0 Å². The SMILES string of the molecule is Cc1cc(C)cc(-n2nnc(C=O)c2-c2ccc(F)c(F)c2)c1. The third-order valence-corrected chi connectivity index (χ3v) is 3.45. The van der Waals surface area contributed by atoms with E-state index in [0.717, 1.165) is 23.3 Å². The summed E-state index contributed by atoms with van der Waals surface area (Å²) in [5, 5.41) is 7.81. The van der Waals surface area contributed by atoms with E-state index in [-0.39, 0.29) is 5.69 Å². The van der Waals surface area contributed by atoms with Crippen molar-refractivity contribution >= 4 is 6.29 Å². The van der Waals surface area contributed by atoms with Crippen LogP contribution in [0.15, 0.2) is 36.4 Å². The fourth-order valence-corrected chi connectivity index (χ4v) is 2.54. The predicted octanol–water partition coefficient (Wildman–Crippen LogP) is 3.64. The molecule has 116 valence electrons. The molecule has 4 nitrogen and oxygen atoms in total. The van der Waals surface area contributed by atoms with Gasteiger partial charge in [0.1, 0.15) is 5.69 Å². The topological polar surface area (TPSA) is 47.8 Å². The minimum Gasteiger partial charge on any atom is -0.296 e. The number of halogens is 2. The molecule has 0 bridgehead atoms. The van der Waals surface area contributed by atoms with Gasteiger partial charge < -0.3 is 0 Å². The van der Waals surface area contributed by atoms with Gasteiger partial charge in [-0.05, 0) is 55.3 Å². The molecule has 0 aliphatic carbocycles. The Balaban J connectivity index is 2.25. The van der Waals surface area contributed by atoms with Gasteiger partial charge in [0, 0.05) is 5.56 Å². The number of aromatic nitrogens is 3. The van der Waals surface area contributed by atoms with Crippen molar-refractivity contribution in [3.8, 4) is 16.9 Å². The number of rotatable bonds is 3. The second-order valence-electron chi connectivity index (χ2n) is 5.33. The van der Waals surface area contributed by atoms with Gasteiger partial charge in [-0.15, -0.1) is 5.10 Å². The average molecular weight is 313 g/mol. The maximum Gasteiger partial charge on any atom is 0.172 e. The van der Waals surface area contributed by atoms with Crippen molar-refractivity contribution in [3.05, 3.63) is 64.9 Å². The average Bonchev–Trinajstić information content (AvgIpc) is 2.93. The molecule has 0 amide bonds. The Labute approximate surface area is 131 Å². The molecule has 0 aliphatic heterocycles. The van der Waals surface area contributed by atoms with Gasteiger partial charge in [0.15, 0.2) is 23.6 Å². The summed E-state index contributed by atoms with van der Waals surface area (Å²) in [7, 11) is 0. The van der Waals surface area contributed by atoms with Crippen LogP contribution in [0.1, 0.15) is 21.6 Å². The number of carbonyl (C=O) groups is 1. The Kier molecular flexibility index (Phi) is 3.73. The van der Waals surface area contributed by atoms with E-state index >= 15 is 0 Å². The number of hydrogen-bond acceptors (Lipinski definition) is 3. The zero-order chi connectivity index (χ0) is 16.6. The first-order chi connectivity index (χ1) is 11.0. The molecule has 0 aliphatic rings. The first-order valence-electron chi connectivity index (χ1n) is 6.94. The van der Waals surface area contributed by atoms with Crippen LogP contribution >= 0.6 is 0 Å². The fourth-order valence-electron chi connectivity index (χ4n) is 2.54. The summed E-state index contributed by atoms with van der Waals surface area (Å²) >= 11 is 0. The van der Waals surface area contributed by atoms with Crippen molar-refractivity contribution < 1.29 is 13.6 Å². The van der Waals surface area contributed by atoms with Crippen LogP contribution in [-0.2, 0) is 0 Å². The summed E-state index contributed by atoms with van der Waals surface area (Å²) in [5.41, 5.74) is 3.44. The highest BCUT2D eigenvalue weighted by Crippen LogP contribution is 2.26. The van der Waals surface area contributed by atoms with Crippen LogP contribution in [-0.4, -0.2) is 21.3 Å². The van der Waals surface area contributed by atoms with Crippen molar-refractivity contribution in [1.29, 1.82) is 0 Å². The molecule has 0 radical (unpaired) electrons. The van der Waals surface area contributed by atoms with E-state index in [0.29, 0.717) is 23.2 Å². The Morgan fingerprint density at radius 2 is 1.70 bits per heavy atom. The van der Waals surface area contributed by atoms with Crippen LogP contribution in [0.5, 0.6) is 0 Å². The van der Waals surface area contributed by atoms with Crippen molar-refractivity contribution in [2.75, 3.05) is 0 Å². The zero-order valence-electron chi connectivity index (χ0n) is 12.5. The lowest BCUT2D eigenvalue weighted by atomic mass is 10.1. The molecule has 0 atom stereocenters. The van der Waals surface area contributed by atoms with Crippen LogP contribution in [0.25, 0.3) is 16.9 Å². The number of hydrogen-bond donors (Lipinski definition) is 0. The molecule has 0 N–H and O–H groups in total. The van der Waals surface area contributed by atoms with Crippen molar-refractivity contribution in [2.45, 2.75) is 13.8 Å². The highest BCUT2D eigenvalue weighted by molar-refractivity contribution is 5.84. The normalized spacial score (nSPS) is 10.8. The maximum atomic E-state index is 13.6. The Morgan fingerprint density at radius 3 is 2.30 bits per heavy atom. The third-order valence-electron chi connectivity index (χ3n) is 3.45. The van der Waals surface area contributed by atoms with Crippen LogP contribution in [0.3, 0.4) is 0 Å². The summed E-state index contributed by atoms with van der Waals surface area (Å²) in [6.07, 6.45) is 0.544. The second-order valence-corrected chi connectivity index (χ2v) is 5.33. The number of nitrogens with zero attached hydrogens (tertiary/aromatic N) is 3. The molecule has 0 spiro atoms. The fraction of sp³-hybridized carbons (Fsp3) is 0.118. The van der Waals surface area contributed by atoms with E-state index in [1.165, 1.54) is 10.7 Å². The van der Waals surface area contributed by atoms with E-state index in [1.807, 2.05) is 32.0 Å². The molecule has 1 heterocycles. The molecule has 23 heavy (non-hydrogen) atoms. The monoisotopic (exact) mass is 313 g/mol. The molecule has 3 aromatic rings. The lowest BCUT2D eigenvalue weighted by Gasteiger charge is -2.09. The number of aryl methyl sites for hydroxylation is 2. The molecule has 6 heteroatoms. The molecule has 1 aromatic heterocycles. The smallest absolute Gasteiger partial charge is 0.172 e. The minimum absolute atomic E-state index is 0.0650. The van der Waals surface area contributed by atoms with Gasteiger partial charge in [0.2, 0.25) is 0 Å². The van der Waals surface area contributed by atoms with Crippen LogP contribution in [0, 0.1) is 25.5 Å². The van der Waals surface area contributed by atoms with Gasteiger partial charge in [0.25, 0.3) is 0 Å². The highest BCUT2D eigenvalue weighted by Gasteiger charge is 2.17. The molecular formula is C17H13F2N3O. The molecule has 0 fully saturated rings. The quantitative estimate of drug-likeness (QED) is 0.694. The first-order valence-corrected chi connectivity index (χ1v) is 6.94. The summed E-state index contributed by atoms with van der Waals surface area (Å²) < 4.78 is 28.2. The van der Waals surface area contributed by atoms with Gasteiger partial charge in [-0.1, -0.05) is 11.3 Å². The predicted molar refractivity (Wildman–Crippen MR) is 81.6 cm³/mol. The highest BCUT2D eigenvalue weighted by atomic mass is 19.2. The van der Waals surface area contributed by atoms with Gasteiger partial charge in [-0.3, -0.25) is 4.79 Å². The largest absolute Gasteiger partial charge is 0.296 e. The van der Waals surface area contributed by atoms with E-state index in [9.17, 15) is 13.6 Å². The summed E-state index contributed by atoms with van der Waals surface area (Å²) in [5.74, 6) is -1.95. The van der Waals surface area contributed by atoms with Crippen LogP contribution in [0.4, 0.5) is 8.78 Å². The maximum absolute atomic E-state index is 13.6. The summed E-state index contributed by atoms with van der Waals surface area (Å²) in [4.78, 5) is 11.2.